The van der Waals surface area contributed by atoms with E-state index in [1.807, 2.05) is 37.3 Å². The Labute approximate surface area is 425 Å². The van der Waals surface area contributed by atoms with Crippen molar-refractivity contribution in [3.63, 3.8) is 0 Å². The molecule has 2 aliphatic heterocycles. The van der Waals surface area contributed by atoms with E-state index in [4.69, 9.17) is 37.9 Å². The first-order chi connectivity index (χ1) is 33.6. The molecule has 0 bridgehead atoms. The van der Waals surface area contributed by atoms with Gasteiger partial charge in [0, 0.05) is 63.2 Å². The molecule has 2 aromatic rings. The number of hydrogen-bond acceptors (Lipinski definition) is 26. The number of anilines is 1. The fourth-order valence-electron chi connectivity index (χ4n) is 6.40. The van der Waals surface area contributed by atoms with Crippen LogP contribution < -0.4 is 25.0 Å². The molecule has 404 valence electrons. The third kappa shape index (κ3) is 17.3. The lowest BCUT2D eigenvalue weighted by Crippen LogP contribution is -2.45. The van der Waals surface area contributed by atoms with E-state index in [9.17, 15) is 50.4 Å². The number of sulfonamides is 2. The Morgan fingerprint density at radius 2 is 1.35 bits per heavy atom. The van der Waals surface area contributed by atoms with Crippen LogP contribution in [0.25, 0.3) is 0 Å². The molecule has 0 spiro atoms. The van der Waals surface area contributed by atoms with E-state index in [0.717, 1.165) is 43.7 Å². The summed E-state index contributed by atoms with van der Waals surface area (Å²) in [5.74, 6) is -6.80. The molecule has 0 aliphatic carbocycles. The molecule has 0 aromatic carbocycles. The van der Waals surface area contributed by atoms with Crippen LogP contribution in [0.2, 0.25) is 0 Å². The predicted molar refractivity (Wildman–Crippen MR) is 254 cm³/mol. The first kappa shape index (κ1) is 59.5. The van der Waals surface area contributed by atoms with Crippen molar-refractivity contribution in [3.05, 3.63) is 11.6 Å². The average molecular weight is 1100 g/mol. The molecule has 30 heteroatoms. The summed E-state index contributed by atoms with van der Waals surface area (Å²) < 4.78 is 105. The number of esters is 6. The van der Waals surface area contributed by atoms with Crippen LogP contribution in [-0.2, 0) is 86.8 Å². The number of morpholine rings is 1. The zero-order valence-corrected chi connectivity index (χ0v) is 44.8. The van der Waals surface area contributed by atoms with Gasteiger partial charge in [-0.05, 0) is 74.4 Å². The fourth-order valence-corrected chi connectivity index (χ4v) is 11.6. The van der Waals surface area contributed by atoms with Gasteiger partial charge in [0.1, 0.15) is 21.1 Å². The molecular weight excluding hydrogens is 1030 g/mol. The van der Waals surface area contributed by atoms with Gasteiger partial charge in [0.15, 0.2) is 30.5 Å². The van der Waals surface area contributed by atoms with Gasteiger partial charge in [-0.15, -0.1) is 15.7 Å². The standard InChI is InChI=1S/C42H63N7O19S4/c1-11-43-30-21-48(10)72(59,60)41-29(30)19-33(69-41)71(57,58)47-31(50)13-12-14-32(51)63-23(2)36(52)64-24(3)37(53)65-25(4)38(54)66-26(5)39(55)67-27(6)40(56)68-28(20-44-42(7,8)9)22-62-35-34(45-70-46-35)49-15-17-61-18-16-49/h19,23-28,30,43-44H,11-18,20-22H2,1-10H3,(H,47,50)/t23?,24?,25?,26?,27?,28?,30-/m1/s1. The zero-order chi connectivity index (χ0) is 53.7. The first-order valence-corrected chi connectivity index (χ1v) is 27.2. The number of likely N-dealkylation sites (N-methyl/N-ethyl adjacent to an activating group) is 2. The lowest BCUT2D eigenvalue weighted by atomic mass is 10.1. The van der Waals surface area contributed by atoms with Crippen LogP contribution >= 0.6 is 23.1 Å². The Hall–Kier alpha value is -5.11. The summed E-state index contributed by atoms with van der Waals surface area (Å²) in [7, 11) is -7.05. The van der Waals surface area contributed by atoms with Gasteiger partial charge in [0.2, 0.25) is 11.7 Å². The summed E-state index contributed by atoms with van der Waals surface area (Å²) in [6.45, 7) is 16.2. The molecule has 0 radical (unpaired) electrons. The van der Waals surface area contributed by atoms with E-state index >= 15 is 0 Å². The quantitative estimate of drug-likeness (QED) is 0.0911. The minimum Gasteiger partial charge on any atom is -0.470 e. The van der Waals surface area contributed by atoms with E-state index in [2.05, 4.69) is 19.4 Å². The van der Waals surface area contributed by atoms with E-state index < -0.39 is 117 Å². The van der Waals surface area contributed by atoms with Crippen LogP contribution in [0.3, 0.4) is 0 Å². The molecular formula is C42H63N7O19S4. The smallest absolute Gasteiger partial charge is 0.347 e. The Morgan fingerprint density at radius 1 is 0.819 bits per heavy atom. The van der Waals surface area contributed by atoms with Crippen LogP contribution in [-0.4, -0.2) is 173 Å². The van der Waals surface area contributed by atoms with Crippen LogP contribution in [0.1, 0.15) is 93.2 Å². The van der Waals surface area contributed by atoms with Crippen LogP contribution in [0.4, 0.5) is 5.82 Å². The van der Waals surface area contributed by atoms with Gasteiger partial charge >= 0.3 is 35.8 Å². The number of amides is 1. The number of carbonyl (C=O) groups is 7. The van der Waals surface area contributed by atoms with Gasteiger partial charge in [-0.25, -0.2) is 45.5 Å². The van der Waals surface area contributed by atoms with Crippen molar-refractivity contribution in [2.24, 2.45) is 0 Å². The second-order valence-corrected chi connectivity index (χ2v) is 23.3. The highest BCUT2D eigenvalue weighted by Gasteiger charge is 2.39. The van der Waals surface area contributed by atoms with Crippen molar-refractivity contribution < 1.29 is 88.3 Å². The Morgan fingerprint density at radius 3 is 1.88 bits per heavy atom. The molecule has 3 N–H and O–H groups in total. The van der Waals surface area contributed by atoms with Gasteiger partial charge in [0.05, 0.1) is 24.9 Å². The van der Waals surface area contributed by atoms with Gasteiger partial charge in [-0.2, -0.15) is 8.68 Å². The number of fused-ring (bicyclic) bond motifs is 1. The lowest BCUT2D eigenvalue weighted by molar-refractivity contribution is -0.187. The number of hydrogen-bond donors (Lipinski definition) is 3. The SMILES string of the molecule is CCN[C@@H]1CN(C)S(=O)(=O)c2sc(S(=O)(=O)NC(=O)CCCC(=O)OC(C)C(=O)OC(C)C(=O)OC(C)C(=O)OC(C)C(=O)OC(C)C(=O)OC(CNC(C)(C)C)COc3nsnc3N3CCOCC3)cc21. The average Bonchev–Trinajstić information content (AvgIpc) is 3.98. The molecule has 4 rings (SSSR count). The molecule has 4 heterocycles. The molecule has 1 fully saturated rings. The highest BCUT2D eigenvalue weighted by atomic mass is 32.3. The maximum atomic E-state index is 13.1. The van der Waals surface area contributed by atoms with Crippen molar-refractivity contribution in [2.75, 3.05) is 64.5 Å². The molecule has 6 unspecified atom stereocenters. The van der Waals surface area contributed by atoms with Crippen molar-refractivity contribution >= 4 is 90.7 Å². The molecule has 1 saturated heterocycles. The Bertz CT molecular complexity index is 2470. The van der Waals surface area contributed by atoms with Gasteiger partial charge < -0.3 is 53.4 Å². The molecule has 2 aliphatic rings. The number of nitrogens with one attached hydrogen (secondary N) is 3. The second kappa shape index (κ2) is 26.2. The maximum absolute atomic E-state index is 13.1. The van der Waals surface area contributed by atoms with Crippen molar-refractivity contribution in [1.29, 1.82) is 0 Å². The van der Waals surface area contributed by atoms with Gasteiger partial charge in [-0.3, -0.25) is 9.59 Å². The van der Waals surface area contributed by atoms with Crippen LogP contribution in [0, 0.1) is 0 Å². The topological polar surface area (TPSA) is 330 Å². The fraction of sp³-hybridized carbons (Fsp3) is 0.690. The summed E-state index contributed by atoms with van der Waals surface area (Å²) >= 11 is 1.48. The van der Waals surface area contributed by atoms with E-state index in [1.165, 1.54) is 20.0 Å². The third-order valence-corrected chi connectivity index (χ3v) is 16.2. The summed E-state index contributed by atoms with van der Waals surface area (Å²) in [6, 6.07) is 0.741. The second-order valence-electron chi connectivity index (χ2n) is 17.5. The molecule has 26 nitrogen and oxygen atoms in total. The number of ether oxygens (including phenoxy) is 8. The molecule has 0 saturated carbocycles. The number of thiophene rings is 1. The molecule has 72 heavy (non-hydrogen) atoms. The van der Waals surface area contributed by atoms with Crippen molar-refractivity contribution in [2.45, 2.75) is 138 Å². The maximum Gasteiger partial charge on any atom is 0.347 e. The number of rotatable bonds is 25. The first-order valence-electron chi connectivity index (χ1n) is 22.8. The Balaban J connectivity index is 1.17. The van der Waals surface area contributed by atoms with Crippen LogP contribution in [0.15, 0.2) is 14.5 Å². The molecule has 7 atom stereocenters. The van der Waals surface area contributed by atoms with Crippen molar-refractivity contribution in [1.82, 2.24) is 28.4 Å². The van der Waals surface area contributed by atoms with Crippen molar-refractivity contribution in [3.8, 4) is 5.88 Å². The number of carbonyl (C=O) groups excluding carboxylic acids is 7. The van der Waals surface area contributed by atoms with E-state index in [-0.39, 0.29) is 51.5 Å². The zero-order valence-electron chi connectivity index (χ0n) is 41.6. The summed E-state index contributed by atoms with van der Waals surface area (Å²) in [5.41, 5.74) is -0.0905. The summed E-state index contributed by atoms with van der Waals surface area (Å²) in [4.78, 5) is 91.0. The normalized spacial score (nSPS) is 18.4. The van der Waals surface area contributed by atoms with Gasteiger partial charge in [0.25, 0.3) is 25.9 Å². The Kier molecular flexibility index (Phi) is 21.6. The highest BCUT2D eigenvalue weighted by Crippen LogP contribution is 2.39. The largest absolute Gasteiger partial charge is 0.470 e. The lowest BCUT2D eigenvalue weighted by Gasteiger charge is -2.29. The van der Waals surface area contributed by atoms with E-state index in [1.54, 1.807) is 0 Å². The molecule has 1 amide bonds. The summed E-state index contributed by atoms with van der Waals surface area (Å²) in [5, 5.41) is 6.35. The number of nitrogens with zero attached hydrogens (tertiary/aromatic N) is 4. The minimum atomic E-state index is -4.48. The van der Waals surface area contributed by atoms with E-state index in [0.29, 0.717) is 50.0 Å². The monoisotopic (exact) mass is 1100 g/mol. The summed E-state index contributed by atoms with van der Waals surface area (Å²) in [6.07, 6.45) is -9.83. The van der Waals surface area contributed by atoms with Gasteiger partial charge in [-0.1, -0.05) is 6.92 Å². The predicted octanol–water partition coefficient (Wildman–Crippen LogP) is 0.734. The number of aromatic nitrogens is 2. The third-order valence-electron chi connectivity index (χ3n) is 10.4. The molecule has 2 aromatic heterocycles. The van der Waals surface area contributed by atoms with Crippen LogP contribution in [0.5, 0.6) is 5.88 Å². The highest BCUT2D eigenvalue weighted by molar-refractivity contribution is 7.94. The minimum absolute atomic E-state index is 0.0798.